The molecule has 3 aromatic heterocycles. The molecule has 7 nitrogen and oxygen atoms in total. The number of H-pyrrole nitrogens is 1. The minimum absolute atomic E-state index is 0.0648. The average molecular weight is 385 g/mol. The second-order valence-electron chi connectivity index (χ2n) is 6.41. The van der Waals surface area contributed by atoms with Crippen molar-refractivity contribution in [2.75, 3.05) is 5.32 Å². The van der Waals surface area contributed by atoms with E-state index >= 15 is 0 Å². The van der Waals surface area contributed by atoms with Gasteiger partial charge in [-0.25, -0.2) is 4.98 Å². The SMILES string of the molecule is CCC(CC)C(=O)Nc1cc(-c2cccs2)nn1-c1nc(C)c(C)c(=O)[nH]1. The van der Waals surface area contributed by atoms with Crippen LogP contribution < -0.4 is 10.9 Å². The number of nitrogens with one attached hydrogen (secondary N) is 2. The van der Waals surface area contributed by atoms with E-state index < -0.39 is 0 Å². The van der Waals surface area contributed by atoms with Gasteiger partial charge in [-0.2, -0.15) is 9.78 Å². The van der Waals surface area contributed by atoms with Crippen LogP contribution in [0.4, 0.5) is 5.82 Å². The van der Waals surface area contributed by atoms with Gasteiger partial charge in [0.2, 0.25) is 11.9 Å². The summed E-state index contributed by atoms with van der Waals surface area (Å²) in [5, 5.41) is 9.49. The highest BCUT2D eigenvalue weighted by Crippen LogP contribution is 2.27. The van der Waals surface area contributed by atoms with Gasteiger partial charge in [-0.3, -0.25) is 14.6 Å². The van der Waals surface area contributed by atoms with Crippen molar-refractivity contribution >= 4 is 23.1 Å². The topological polar surface area (TPSA) is 92.7 Å². The Bertz CT molecular complexity index is 1000. The number of aryl methyl sites for hydroxylation is 1. The molecule has 1 amide bonds. The average Bonchev–Trinajstić information content (AvgIpc) is 3.30. The van der Waals surface area contributed by atoms with Crippen LogP contribution in [0.3, 0.4) is 0 Å². The van der Waals surface area contributed by atoms with Crippen LogP contribution in [0, 0.1) is 19.8 Å². The zero-order valence-corrected chi connectivity index (χ0v) is 16.7. The molecule has 3 heterocycles. The number of thiophene rings is 1. The van der Waals surface area contributed by atoms with E-state index in [1.165, 1.54) is 4.68 Å². The van der Waals surface area contributed by atoms with Crippen LogP contribution in [-0.2, 0) is 4.79 Å². The van der Waals surface area contributed by atoms with Gasteiger partial charge in [0.1, 0.15) is 11.5 Å². The van der Waals surface area contributed by atoms with Crippen molar-refractivity contribution in [2.24, 2.45) is 5.92 Å². The number of amides is 1. The van der Waals surface area contributed by atoms with Crippen molar-refractivity contribution in [1.82, 2.24) is 19.7 Å². The highest BCUT2D eigenvalue weighted by atomic mass is 32.1. The number of hydrogen-bond donors (Lipinski definition) is 2. The van der Waals surface area contributed by atoms with Crippen LogP contribution in [0.2, 0.25) is 0 Å². The number of aromatic nitrogens is 4. The van der Waals surface area contributed by atoms with Crippen molar-refractivity contribution < 1.29 is 4.79 Å². The Hall–Kier alpha value is -2.74. The summed E-state index contributed by atoms with van der Waals surface area (Å²) in [5.74, 6) is 0.628. The summed E-state index contributed by atoms with van der Waals surface area (Å²) in [6.07, 6.45) is 1.51. The van der Waals surface area contributed by atoms with Crippen molar-refractivity contribution in [3.05, 3.63) is 45.2 Å². The van der Waals surface area contributed by atoms with Gasteiger partial charge in [0.05, 0.1) is 4.88 Å². The summed E-state index contributed by atoms with van der Waals surface area (Å²) >= 11 is 1.56. The molecule has 27 heavy (non-hydrogen) atoms. The first-order valence-electron chi connectivity index (χ1n) is 8.97. The lowest BCUT2D eigenvalue weighted by molar-refractivity contribution is -0.120. The number of nitrogens with zero attached hydrogens (tertiary/aromatic N) is 3. The first-order valence-corrected chi connectivity index (χ1v) is 9.85. The van der Waals surface area contributed by atoms with Crippen molar-refractivity contribution in [3.63, 3.8) is 0 Å². The fraction of sp³-hybridized carbons (Fsp3) is 0.368. The minimum atomic E-state index is -0.219. The highest BCUT2D eigenvalue weighted by molar-refractivity contribution is 7.13. The Morgan fingerprint density at radius 2 is 2.07 bits per heavy atom. The van der Waals surface area contributed by atoms with E-state index in [-0.39, 0.29) is 23.3 Å². The third-order valence-corrected chi connectivity index (χ3v) is 5.57. The summed E-state index contributed by atoms with van der Waals surface area (Å²) in [4.78, 5) is 32.9. The van der Waals surface area contributed by atoms with Crippen LogP contribution >= 0.6 is 11.3 Å². The maximum absolute atomic E-state index is 12.6. The van der Waals surface area contributed by atoms with E-state index in [2.05, 4.69) is 20.4 Å². The molecular weight excluding hydrogens is 362 g/mol. The zero-order valence-electron chi connectivity index (χ0n) is 15.9. The Labute approximate surface area is 161 Å². The quantitative estimate of drug-likeness (QED) is 0.677. The lowest BCUT2D eigenvalue weighted by atomic mass is 10.0. The van der Waals surface area contributed by atoms with E-state index in [0.717, 1.165) is 17.7 Å². The maximum atomic E-state index is 12.6. The van der Waals surface area contributed by atoms with Gasteiger partial charge in [-0.1, -0.05) is 19.9 Å². The predicted molar refractivity (Wildman–Crippen MR) is 107 cm³/mol. The minimum Gasteiger partial charge on any atom is -0.310 e. The van der Waals surface area contributed by atoms with Gasteiger partial charge < -0.3 is 5.32 Å². The lowest BCUT2D eigenvalue weighted by Crippen LogP contribution is -2.24. The largest absolute Gasteiger partial charge is 0.310 e. The summed E-state index contributed by atoms with van der Waals surface area (Å²) in [5.41, 5.74) is 1.68. The van der Waals surface area contributed by atoms with E-state index in [9.17, 15) is 9.59 Å². The third-order valence-electron chi connectivity index (χ3n) is 4.67. The van der Waals surface area contributed by atoms with E-state index in [4.69, 9.17) is 0 Å². The number of hydrogen-bond acceptors (Lipinski definition) is 5. The second kappa shape index (κ2) is 7.87. The summed E-state index contributed by atoms with van der Waals surface area (Å²) in [7, 11) is 0. The molecule has 0 atom stereocenters. The van der Waals surface area contributed by atoms with Crippen LogP contribution in [0.25, 0.3) is 16.5 Å². The van der Waals surface area contributed by atoms with Gasteiger partial charge in [0, 0.05) is 23.2 Å². The Balaban J connectivity index is 2.08. The predicted octanol–water partition coefficient (Wildman–Crippen LogP) is 3.68. The van der Waals surface area contributed by atoms with Gasteiger partial charge >= 0.3 is 0 Å². The molecule has 0 radical (unpaired) electrons. The lowest BCUT2D eigenvalue weighted by Gasteiger charge is -2.13. The molecule has 0 fully saturated rings. The number of aromatic amines is 1. The standard InChI is InChI=1S/C19H23N5O2S/c1-5-13(6-2)18(26)21-16-10-14(15-8-7-9-27-15)23-24(16)19-20-12(4)11(3)17(25)22-19/h7-10,13H,5-6H2,1-4H3,(H,21,26)(H,20,22,25). The number of carbonyl (C=O) groups is 1. The Morgan fingerprint density at radius 3 is 2.67 bits per heavy atom. The van der Waals surface area contributed by atoms with Gasteiger partial charge in [0.25, 0.3) is 5.56 Å². The molecule has 142 valence electrons. The fourth-order valence-corrected chi connectivity index (χ4v) is 3.48. The molecule has 0 spiro atoms. The molecule has 3 rings (SSSR count). The van der Waals surface area contributed by atoms with Gasteiger partial charge in [-0.05, 0) is 38.1 Å². The van der Waals surface area contributed by atoms with E-state index in [1.807, 2.05) is 31.4 Å². The summed E-state index contributed by atoms with van der Waals surface area (Å²) in [6, 6.07) is 5.71. The Morgan fingerprint density at radius 1 is 1.33 bits per heavy atom. The molecule has 0 aliphatic heterocycles. The van der Waals surface area contributed by atoms with E-state index in [1.54, 1.807) is 31.3 Å². The summed E-state index contributed by atoms with van der Waals surface area (Å²) < 4.78 is 1.49. The molecule has 0 bridgehead atoms. The third kappa shape index (κ3) is 3.85. The molecule has 8 heteroatoms. The molecule has 0 unspecified atom stereocenters. The molecule has 0 aromatic carbocycles. The first kappa shape index (κ1) is 19.0. The number of carbonyl (C=O) groups excluding carboxylic acids is 1. The van der Waals surface area contributed by atoms with Gasteiger partial charge in [-0.15, -0.1) is 11.3 Å². The van der Waals surface area contributed by atoms with Crippen LogP contribution in [0.5, 0.6) is 0 Å². The van der Waals surface area contributed by atoms with Crippen LogP contribution in [0.1, 0.15) is 37.9 Å². The molecule has 0 aliphatic rings. The normalized spacial score (nSPS) is 11.1. The molecule has 0 aliphatic carbocycles. The molecule has 3 aromatic rings. The second-order valence-corrected chi connectivity index (χ2v) is 7.35. The van der Waals surface area contributed by atoms with Gasteiger partial charge in [0.15, 0.2) is 0 Å². The van der Waals surface area contributed by atoms with Crippen molar-refractivity contribution in [1.29, 1.82) is 0 Å². The van der Waals surface area contributed by atoms with E-state index in [0.29, 0.717) is 22.8 Å². The van der Waals surface area contributed by atoms with Crippen LogP contribution in [-0.4, -0.2) is 25.7 Å². The Kier molecular flexibility index (Phi) is 5.55. The molecule has 0 saturated heterocycles. The molecule has 2 N–H and O–H groups in total. The van der Waals surface area contributed by atoms with Crippen molar-refractivity contribution in [3.8, 4) is 16.5 Å². The zero-order chi connectivity index (χ0) is 19.6. The number of anilines is 1. The molecule has 0 saturated carbocycles. The number of rotatable bonds is 6. The monoisotopic (exact) mass is 385 g/mol. The highest BCUT2D eigenvalue weighted by Gasteiger charge is 2.20. The summed E-state index contributed by atoms with van der Waals surface area (Å²) in [6.45, 7) is 7.48. The molecular formula is C19H23N5O2S. The smallest absolute Gasteiger partial charge is 0.255 e. The van der Waals surface area contributed by atoms with Crippen molar-refractivity contribution in [2.45, 2.75) is 40.5 Å². The maximum Gasteiger partial charge on any atom is 0.255 e. The fourth-order valence-electron chi connectivity index (χ4n) is 2.79. The van der Waals surface area contributed by atoms with Crippen LogP contribution in [0.15, 0.2) is 28.4 Å². The first-order chi connectivity index (χ1) is 12.9.